The molecule has 1 unspecified atom stereocenters. The monoisotopic (exact) mass is 252 g/mol. The predicted octanol–water partition coefficient (Wildman–Crippen LogP) is 3.33. The van der Waals surface area contributed by atoms with Crippen LogP contribution < -0.4 is 0 Å². The molecule has 3 nitrogen and oxygen atoms in total. The van der Waals surface area contributed by atoms with E-state index in [1.54, 1.807) is 0 Å². The van der Waals surface area contributed by atoms with E-state index < -0.39 is 0 Å². The average Bonchev–Trinajstić information content (AvgIpc) is 2.69. The van der Waals surface area contributed by atoms with Crippen molar-refractivity contribution in [1.29, 1.82) is 0 Å². The first-order valence-corrected chi connectivity index (χ1v) is 7.33. The molecular weight excluding hydrogens is 224 g/mol. The molecule has 1 atom stereocenters. The number of aryl methyl sites for hydroxylation is 2. The molecule has 0 aliphatic heterocycles. The summed E-state index contributed by atoms with van der Waals surface area (Å²) in [5.41, 5.74) is 2.21. The summed E-state index contributed by atoms with van der Waals surface area (Å²) in [5.74, 6) is 0.431. The minimum Gasteiger partial charge on any atom is -0.392 e. The van der Waals surface area contributed by atoms with Crippen molar-refractivity contribution in [3.8, 4) is 0 Å². The van der Waals surface area contributed by atoms with Gasteiger partial charge in [-0.25, -0.2) is 0 Å². The normalized spacial score (nSPS) is 13.2. The van der Waals surface area contributed by atoms with Crippen molar-refractivity contribution < 1.29 is 5.11 Å². The van der Waals surface area contributed by atoms with Crippen LogP contribution in [0.15, 0.2) is 6.07 Å². The summed E-state index contributed by atoms with van der Waals surface area (Å²) in [7, 11) is 0. The molecule has 104 valence electrons. The first-order chi connectivity index (χ1) is 8.62. The first kappa shape index (κ1) is 15.2. The van der Waals surface area contributed by atoms with E-state index in [0.29, 0.717) is 5.92 Å². The number of hydrogen-bond acceptors (Lipinski definition) is 2. The molecule has 1 heterocycles. The van der Waals surface area contributed by atoms with Gasteiger partial charge in [0.2, 0.25) is 0 Å². The second-order valence-corrected chi connectivity index (χ2v) is 5.20. The number of aliphatic hydroxyl groups is 1. The van der Waals surface area contributed by atoms with Crippen LogP contribution >= 0.6 is 0 Å². The fourth-order valence-electron chi connectivity index (χ4n) is 2.69. The van der Waals surface area contributed by atoms with Gasteiger partial charge in [-0.05, 0) is 38.7 Å². The number of aliphatic hydroxyl groups excluding tert-OH is 1. The van der Waals surface area contributed by atoms with E-state index in [1.165, 1.54) is 5.69 Å². The zero-order valence-electron chi connectivity index (χ0n) is 12.3. The zero-order valence-corrected chi connectivity index (χ0v) is 12.3. The molecule has 0 fully saturated rings. The maximum absolute atomic E-state index is 10.4. The van der Waals surface area contributed by atoms with Gasteiger partial charge >= 0.3 is 0 Å². The minimum absolute atomic E-state index is 0.230. The first-order valence-electron chi connectivity index (χ1n) is 7.33. The van der Waals surface area contributed by atoms with Gasteiger partial charge in [-0.2, -0.15) is 5.10 Å². The smallest absolute Gasteiger partial charge is 0.0623 e. The van der Waals surface area contributed by atoms with Gasteiger partial charge in [0, 0.05) is 18.7 Å². The highest BCUT2D eigenvalue weighted by Gasteiger charge is 2.19. The largest absolute Gasteiger partial charge is 0.392 e. The molecule has 1 aromatic heterocycles. The molecular formula is C15H28N2O. The second kappa shape index (κ2) is 7.57. The minimum atomic E-state index is -0.230. The van der Waals surface area contributed by atoms with Crippen LogP contribution in [-0.2, 0) is 13.0 Å². The molecule has 0 aliphatic carbocycles. The van der Waals surface area contributed by atoms with E-state index in [9.17, 15) is 5.11 Å². The SMILES string of the molecule is CCCC(CCC)C(O)Cc1cc(C)nn1CC. The van der Waals surface area contributed by atoms with E-state index in [4.69, 9.17) is 0 Å². The summed E-state index contributed by atoms with van der Waals surface area (Å²) in [6, 6.07) is 2.10. The molecule has 18 heavy (non-hydrogen) atoms. The zero-order chi connectivity index (χ0) is 13.5. The predicted molar refractivity (Wildman–Crippen MR) is 75.7 cm³/mol. The lowest BCUT2D eigenvalue weighted by molar-refractivity contribution is 0.0943. The molecule has 1 aromatic rings. The molecule has 1 rings (SSSR count). The van der Waals surface area contributed by atoms with Gasteiger partial charge in [0.05, 0.1) is 11.8 Å². The van der Waals surface area contributed by atoms with Gasteiger partial charge < -0.3 is 5.11 Å². The maximum atomic E-state index is 10.4. The van der Waals surface area contributed by atoms with Crippen molar-refractivity contribution in [2.45, 2.75) is 72.4 Å². The molecule has 1 N–H and O–H groups in total. The summed E-state index contributed by atoms with van der Waals surface area (Å²) >= 11 is 0. The van der Waals surface area contributed by atoms with Crippen molar-refractivity contribution >= 4 is 0 Å². The standard InChI is InChI=1S/C15H28N2O/c1-5-8-13(9-6-2)15(18)11-14-10-12(4)16-17(14)7-3/h10,13,15,18H,5-9,11H2,1-4H3. The Kier molecular flexibility index (Phi) is 6.41. The molecule has 0 aliphatic rings. The van der Waals surface area contributed by atoms with Crippen molar-refractivity contribution in [3.63, 3.8) is 0 Å². The van der Waals surface area contributed by atoms with Crippen LogP contribution in [0.2, 0.25) is 0 Å². The van der Waals surface area contributed by atoms with Crippen LogP contribution in [0.5, 0.6) is 0 Å². The molecule has 0 saturated heterocycles. The molecule has 0 saturated carbocycles. The Hall–Kier alpha value is -0.830. The maximum Gasteiger partial charge on any atom is 0.0623 e. The average molecular weight is 252 g/mol. The van der Waals surface area contributed by atoms with E-state index in [-0.39, 0.29) is 6.10 Å². The second-order valence-electron chi connectivity index (χ2n) is 5.20. The van der Waals surface area contributed by atoms with Crippen LogP contribution in [0.3, 0.4) is 0 Å². The van der Waals surface area contributed by atoms with Crippen LogP contribution in [0.4, 0.5) is 0 Å². The Morgan fingerprint density at radius 1 is 1.22 bits per heavy atom. The molecule has 0 aromatic carbocycles. The Bertz CT molecular complexity index is 340. The van der Waals surface area contributed by atoms with Gasteiger partial charge in [0.1, 0.15) is 0 Å². The van der Waals surface area contributed by atoms with Gasteiger partial charge in [-0.15, -0.1) is 0 Å². The molecule has 0 amide bonds. The van der Waals surface area contributed by atoms with Crippen molar-refractivity contribution in [2.75, 3.05) is 0 Å². The van der Waals surface area contributed by atoms with Crippen LogP contribution in [-0.4, -0.2) is 21.0 Å². The lowest BCUT2D eigenvalue weighted by atomic mass is 9.90. The fourth-order valence-corrected chi connectivity index (χ4v) is 2.69. The van der Waals surface area contributed by atoms with Crippen molar-refractivity contribution in [2.24, 2.45) is 5.92 Å². The number of rotatable bonds is 8. The number of aromatic nitrogens is 2. The summed E-state index contributed by atoms with van der Waals surface area (Å²) < 4.78 is 2.01. The Balaban J connectivity index is 2.68. The third-order valence-corrected chi connectivity index (χ3v) is 3.57. The molecule has 0 radical (unpaired) electrons. The lowest BCUT2D eigenvalue weighted by Gasteiger charge is -2.22. The van der Waals surface area contributed by atoms with Crippen LogP contribution in [0.1, 0.15) is 57.8 Å². The third-order valence-electron chi connectivity index (χ3n) is 3.57. The highest BCUT2D eigenvalue weighted by atomic mass is 16.3. The summed E-state index contributed by atoms with van der Waals surface area (Å²) in [5, 5.41) is 14.9. The number of hydrogen-bond donors (Lipinski definition) is 1. The van der Waals surface area contributed by atoms with E-state index in [0.717, 1.165) is 44.3 Å². The highest BCUT2D eigenvalue weighted by Crippen LogP contribution is 2.21. The van der Waals surface area contributed by atoms with Crippen LogP contribution in [0, 0.1) is 12.8 Å². The van der Waals surface area contributed by atoms with E-state index in [2.05, 4.69) is 31.9 Å². The topological polar surface area (TPSA) is 38.1 Å². The fraction of sp³-hybridized carbons (Fsp3) is 0.800. The van der Waals surface area contributed by atoms with Crippen molar-refractivity contribution in [1.82, 2.24) is 9.78 Å². The summed E-state index contributed by atoms with van der Waals surface area (Å²) in [6.45, 7) is 9.36. The van der Waals surface area contributed by atoms with Gasteiger partial charge in [-0.3, -0.25) is 4.68 Å². The Labute approximate surface area is 111 Å². The lowest BCUT2D eigenvalue weighted by Crippen LogP contribution is -2.24. The summed E-state index contributed by atoms with van der Waals surface area (Å²) in [6.07, 6.45) is 5.04. The quantitative estimate of drug-likeness (QED) is 0.770. The van der Waals surface area contributed by atoms with E-state index >= 15 is 0 Å². The van der Waals surface area contributed by atoms with Crippen LogP contribution in [0.25, 0.3) is 0 Å². The summed E-state index contributed by atoms with van der Waals surface area (Å²) in [4.78, 5) is 0. The van der Waals surface area contributed by atoms with Crippen molar-refractivity contribution in [3.05, 3.63) is 17.5 Å². The Morgan fingerprint density at radius 2 is 1.83 bits per heavy atom. The van der Waals surface area contributed by atoms with Gasteiger partial charge in [-0.1, -0.05) is 26.7 Å². The van der Waals surface area contributed by atoms with E-state index in [1.807, 2.05) is 11.6 Å². The molecule has 0 spiro atoms. The highest BCUT2D eigenvalue weighted by molar-refractivity contribution is 5.10. The Morgan fingerprint density at radius 3 is 2.33 bits per heavy atom. The molecule has 0 bridgehead atoms. The van der Waals surface area contributed by atoms with Gasteiger partial charge in [0.15, 0.2) is 0 Å². The number of nitrogens with zero attached hydrogens (tertiary/aromatic N) is 2. The van der Waals surface area contributed by atoms with Gasteiger partial charge in [0.25, 0.3) is 0 Å². The third kappa shape index (κ3) is 4.13. The molecule has 3 heteroatoms.